The Bertz CT molecular complexity index is 1090. The Morgan fingerprint density at radius 2 is 1.66 bits per heavy atom. The van der Waals surface area contributed by atoms with E-state index in [0.717, 1.165) is 23.3 Å². The van der Waals surface area contributed by atoms with Crippen LogP contribution in [0.1, 0.15) is 22.7 Å². The number of anilines is 1. The molecule has 0 fully saturated rings. The molecule has 166 valence electrons. The zero-order chi connectivity index (χ0) is 22.9. The number of hydrogen-bond donors (Lipinski definition) is 1. The fourth-order valence-electron chi connectivity index (χ4n) is 3.08. The highest BCUT2D eigenvalue weighted by Crippen LogP contribution is 2.38. The maximum Gasteiger partial charge on any atom is 0.232 e. The lowest BCUT2D eigenvalue weighted by Crippen LogP contribution is -2.05. The predicted molar refractivity (Wildman–Crippen MR) is 121 cm³/mol. The summed E-state index contributed by atoms with van der Waals surface area (Å²) in [6.45, 7) is 0.590. The largest absolute Gasteiger partial charge is 0.497 e. The van der Waals surface area contributed by atoms with Gasteiger partial charge in [0.05, 0.1) is 28.4 Å². The number of ether oxygens (including phenoxy) is 4. The van der Waals surface area contributed by atoms with Gasteiger partial charge in [0, 0.05) is 12.6 Å². The second-order valence-corrected chi connectivity index (χ2v) is 6.66. The summed E-state index contributed by atoms with van der Waals surface area (Å²) < 4.78 is 27.0. The predicted octanol–water partition coefficient (Wildman–Crippen LogP) is 4.41. The van der Waals surface area contributed by atoms with E-state index in [-0.39, 0.29) is 5.69 Å². The van der Waals surface area contributed by atoms with Gasteiger partial charge in [-0.2, -0.15) is 10.2 Å². The number of rotatable bonds is 10. The quantitative estimate of drug-likeness (QED) is 0.500. The minimum atomic E-state index is 0.198. The Balaban J connectivity index is 1.70. The molecule has 3 aromatic rings. The number of nitrogens with zero attached hydrogens (tertiary/aromatic N) is 2. The third-order valence-electron chi connectivity index (χ3n) is 4.71. The molecule has 8 heteroatoms. The van der Waals surface area contributed by atoms with E-state index in [1.165, 1.54) is 0 Å². The summed E-state index contributed by atoms with van der Waals surface area (Å²) in [5.41, 5.74) is 2.13. The van der Waals surface area contributed by atoms with Gasteiger partial charge in [-0.15, -0.1) is 0 Å². The van der Waals surface area contributed by atoms with Crippen LogP contribution in [-0.4, -0.2) is 40.0 Å². The van der Waals surface area contributed by atoms with Crippen molar-refractivity contribution in [2.75, 3.05) is 40.3 Å². The van der Waals surface area contributed by atoms with Crippen molar-refractivity contribution in [2.45, 2.75) is 6.42 Å². The van der Waals surface area contributed by atoms with Crippen LogP contribution >= 0.6 is 0 Å². The molecule has 0 saturated carbocycles. The Labute approximate surface area is 187 Å². The van der Waals surface area contributed by atoms with Crippen molar-refractivity contribution in [2.24, 2.45) is 0 Å². The van der Waals surface area contributed by atoms with Gasteiger partial charge in [-0.25, -0.2) is 0 Å². The summed E-state index contributed by atoms with van der Waals surface area (Å²) in [5, 5.41) is 12.5. The van der Waals surface area contributed by atoms with E-state index >= 15 is 0 Å². The van der Waals surface area contributed by atoms with E-state index in [2.05, 4.69) is 16.4 Å². The number of nitrogens with one attached hydrogen (secondary N) is 1. The molecule has 0 atom stereocenters. The van der Waals surface area contributed by atoms with Crippen LogP contribution in [0.25, 0.3) is 12.2 Å². The van der Waals surface area contributed by atoms with E-state index in [9.17, 15) is 5.26 Å². The number of hydrogen-bond acceptors (Lipinski definition) is 8. The first-order chi connectivity index (χ1) is 15.6. The molecular formula is C24H25N3O5. The summed E-state index contributed by atoms with van der Waals surface area (Å²) in [5.74, 6) is 3.05. The highest BCUT2D eigenvalue weighted by atomic mass is 16.5. The molecule has 0 aliphatic heterocycles. The highest BCUT2D eigenvalue weighted by molar-refractivity contribution is 5.71. The first kappa shape index (κ1) is 22.6. The van der Waals surface area contributed by atoms with Crippen molar-refractivity contribution >= 4 is 18.0 Å². The molecule has 0 amide bonds. The molecule has 0 aliphatic rings. The van der Waals surface area contributed by atoms with Crippen LogP contribution in [0.4, 0.5) is 5.88 Å². The van der Waals surface area contributed by atoms with Gasteiger partial charge in [-0.3, -0.25) is 0 Å². The first-order valence-corrected chi connectivity index (χ1v) is 9.87. The Morgan fingerprint density at radius 3 is 2.22 bits per heavy atom. The van der Waals surface area contributed by atoms with Crippen LogP contribution < -0.4 is 24.3 Å². The average Bonchev–Trinajstić information content (AvgIpc) is 3.24. The standard InChI is InChI=1S/C24H25N3O5/c1-28-18-8-5-16(6-9-18)11-12-26-24-19(15-25)27-22(32-24)10-7-17-13-20(29-2)23(31-4)21(14-17)30-3/h5-10,13-14,26H,11-12H2,1-4H3. The zero-order valence-electron chi connectivity index (χ0n) is 18.5. The Hall–Kier alpha value is -4.12. The molecule has 0 bridgehead atoms. The van der Waals surface area contributed by atoms with Crippen molar-refractivity contribution in [1.29, 1.82) is 5.26 Å². The van der Waals surface area contributed by atoms with Crippen LogP contribution in [0.15, 0.2) is 40.8 Å². The normalized spacial score (nSPS) is 10.6. The third-order valence-corrected chi connectivity index (χ3v) is 4.71. The molecular weight excluding hydrogens is 410 g/mol. The topological polar surface area (TPSA) is 98.8 Å². The maximum atomic E-state index is 9.39. The van der Waals surface area contributed by atoms with Crippen LogP contribution in [0, 0.1) is 11.3 Å². The lowest BCUT2D eigenvalue weighted by molar-refractivity contribution is 0.324. The summed E-state index contributed by atoms with van der Waals surface area (Å²) in [6.07, 6.45) is 4.22. The van der Waals surface area contributed by atoms with Crippen LogP contribution in [0.2, 0.25) is 0 Å². The van der Waals surface area contributed by atoms with Crippen molar-refractivity contribution in [3.8, 4) is 29.1 Å². The maximum absolute atomic E-state index is 9.39. The smallest absolute Gasteiger partial charge is 0.232 e. The van der Waals surface area contributed by atoms with Gasteiger partial charge >= 0.3 is 0 Å². The van der Waals surface area contributed by atoms with E-state index in [0.29, 0.717) is 35.6 Å². The van der Waals surface area contributed by atoms with Gasteiger partial charge in [0.15, 0.2) is 11.5 Å². The zero-order valence-corrected chi connectivity index (χ0v) is 18.5. The van der Waals surface area contributed by atoms with Gasteiger partial charge < -0.3 is 28.7 Å². The van der Waals surface area contributed by atoms with Gasteiger partial charge in [-0.1, -0.05) is 12.1 Å². The van der Waals surface area contributed by atoms with E-state index in [4.69, 9.17) is 23.4 Å². The lowest BCUT2D eigenvalue weighted by Gasteiger charge is -2.12. The fraction of sp³-hybridized carbons (Fsp3) is 0.250. The lowest BCUT2D eigenvalue weighted by atomic mass is 10.1. The van der Waals surface area contributed by atoms with Crippen molar-refractivity contribution in [3.05, 3.63) is 59.1 Å². The van der Waals surface area contributed by atoms with Crippen molar-refractivity contribution < 1.29 is 23.4 Å². The molecule has 3 rings (SSSR count). The summed E-state index contributed by atoms with van der Waals surface area (Å²) in [6, 6.07) is 13.5. The molecule has 1 aromatic heterocycles. The molecule has 0 saturated heterocycles. The van der Waals surface area contributed by atoms with Crippen molar-refractivity contribution in [1.82, 2.24) is 4.98 Å². The van der Waals surface area contributed by atoms with E-state index in [1.54, 1.807) is 52.7 Å². The monoisotopic (exact) mass is 435 g/mol. The van der Waals surface area contributed by atoms with Gasteiger partial charge in [0.25, 0.3) is 0 Å². The number of nitriles is 1. The Morgan fingerprint density at radius 1 is 0.969 bits per heavy atom. The van der Waals surface area contributed by atoms with Crippen molar-refractivity contribution in [3.63, 3.8) is 0 Å². The highest BCUT2D eigenvalue weighted by Gasteiger charge is 2.13. The second kappa shape index (κ2) is 10.8. The molecule has 0 unspecified atom stereocenters. The molecule has 0 spiro atoms. The average molecular weight is 435 g/mol. The van der Waals surface area contributed by atoms with Gasteiger partial charge in [0.1, 0.15) is 11.8 Å². The van der Waals surface area contributed by atoms with Crippen LogP contribution in [-0.2, 0) is 6.42 Å². The van der Waals surface area contributed by atoms with Gasteiger partial charge in [-0.05, 0) is 47.9 Å². The fourth-order valence-corrected chi connectivity index (χ4v) is 3.08. The SMILES string of the molecule is COc1ccc(CCNc2oc(C=Cc3cc(OC)c(OC)c(OC)c3)nc2C#N)cc1. The summed E-state index contributed by atoms with van der Waals surface area (Å²) >= 11 is 0. The van der Waals surface area contributed by atoms with Gasteiger partial charge in [0.2, 0.25) is 23.2 Å². The third kappa shape index (κ3) is 5.32. The second-order valence-electron chi connectivity index (χ2n) is 6.66. The van der Waals surface area contributed by atoms with E-state index < -0.39 is 0 Å². The van der Waals surface area contributed by atoms with Crippen LogP contribution in [0.3, 0.4) is 0 Å². The minimum Gasteiger partial charge on any atom is -0.497 e. The summed E-state index contributed by atoms with van der Waals surface area (Å²) in [7, 11) is 6.30. The Kier molecular flexibility index (Phi) is 7.60. The molecule has 1 heterocycles. The molecule has 32 heavy (non-hydrogen) atoms. The molecule has 0 radical (unpaired) electrons. The van der Waals surface area contributed by atoms with Crippen LogP contribution in [0.5, 0.6) is 23.0 Å². The number of aromatic nitrogens is 1. The number of oxazole rings is 1. The first-order valence-electron chi connectivity index (χ1n) is 9.87. The molecule has 8 nitrogen and oxygen atoms in total. The molecule has 1 N–H and O–H groups in total. The number of benzene rings is 2. The minimum absolute atomic E-state index is 0.198. The number of methoxy groups -OCH3 is 4. The molecule has 2 aromatic carbocycles. The molecule has 0 aliphatic carbocycles. The summed E-state index contributed by atoms with van der Waals surface area (Å²) in [4.78, 5) is 4.23. The van der Waals surface area contributed by atoms with E-state index in [1.807, 2.05) is 24.3 Å².